The molecular formula is C16H16F2N2O3S. The lowest BCUT2D eigenvalue weighted by molar-refractivity contribution is 0.161. The van der Waals surface area contributed by atoms with Gasteiger partial charge in [0.1, 0.15) is 11.6 Å². The molecule has 3 rings (SSSR count). The molecule has 2 N–H and O–H groups in total. The van der Waals surface area contributed by atoms with Crippen molar-refractivity contribution in [3.05, 3.63) is 48.0 Å². The molecule has 0 amide bonds. The van der Waals surface area contributed by atoms with Crippen LogP contribution in [0, 0.1) is 11.6 Å². The van der Waals surface area contributed by atoms with E-state index in [2.05, 4.69) is 4.72 Å². The number of fused-ring (bicyclic) bond motifs is 3. The number of aliphatic hydroxyl groups is 1. The molecule has 2 aromatic carbocycles. The summed E-state index contributed by atoms with van der Waals surface area (Å²) in [6, 6.07) is 8.36. The zero-order valence-electron chi connectivity index (χ0n) is 12.8. The van der Waals surface area contributed by atoms with Gasteiger partial charge in [-0.15, -0.1) is 0 Å². The zero-order valence-corrected chi connectivity index (χ0v) is 13.6. The van der Waals surface area contributed by atoms with Crippen LogP contribution in [0.15, 0.2) is 36.4 Å². The summed E-state index contributed by atoms with van der Waals surface area (Å²) in [5, 5.41) is 11.4. The van der Waals surface area contributed by atoms with Crippen LogP contribution < -0.4 is 4.72 Å². The zero-order chi connectivity index (χ0) is 17.5. The molecule has 0 saturated heterocycles. The smallest absolute Gasteiger partial charge is 0.208 e. The highest BCUT2D eigenvalue weighted by Gasteiger charge is 2.16. The normalized spacial score (nSPS) is 13.7. The van der Waals surface area contributed by atoms with Gasteiger partial charge < -0.3 is 9.67 Å². The van der Waals surface area contributed by atoms with Crippen LogP contribution in [0.4, 0.5) is 8.78 Å². The maximum absolute atomic E-state index is 13.6. The van der Waals surface area contributed by atoms with Crippen LogP contribution in [0.25, 0.3) is 21.8 Å². The number of hydrogen-bond donors (Lipinski definition) is 2. The molecule has 1 unspecified atom stereocenters. The first-order valence-corrected chi connectivity index (χ1v) is 9.13. The summed E-state index contributed by atoms with van der Waals surface area (Å²) in [5.41, 5.74) is 1.14. The lowest BCUT2D eigenvalue weighted by atomic mass is 10.1. The van der Waals surface area contributed by atoms with Gasteiger partial charge in [0.15, 0.2) is 0 Å². The number of nitrogens with one attached hydrogen (secondary N) is 1. The Morgan fingerprint density at radius 2 is 1.75 bits per heavy atom. The number of halogens is 2. The van der Waals surface area contributed by atoms with E-state index < -0.39 is 27.8 Å². The molecule has 0 fully saturated rings. The minimum Gasteiger partial charge on any atom is -0.390 e. The highest BCUT2D eigenvalue weighted by atomic mass is 32.2. The Balaban J connectivity index is 2.06. The van der Waals surface area contributed by atoms with Crippen molar-refractivity contribution in [2.45, 2.75) is 12.6 Å². The second-order valence-corrected chi connectivity index (χ2v) is 7.54. The van der Waals surface area contributed by atoms with E-state index in [4.69, 9.17) is 0 Å². The molecule has 1 heterocycles. The van der Waals surface area contributed by atoms with Gasteiger partial charge in [0.05, 0.1) is 24.4 Å². The van der Waals surface area contributed by atoms with Gasteiger partial charge in [0.25, 0.3) is 0 Å². The highest BCUT2D eigenvalue weighted by Crippen LogP contribution is 2.30. The topological polar surface area (TPSA) is 71.3 Å². The third-order valence-electron chi connectivity index (χ3n) is 3.76. The fourth-order valence-electron chi connectivity index (χ4n) is 2.76. The van der Waals surface area contributed by atoms with E-state index in [-0.39, 0.29) is 13.1 Å². The molecule has 0 bridgehead atoms. The maximum atomic E-state index is 13.6. The average Bonchev–Trinajstić information content (AvgIpc) is 2.77. The van der Waals surface area contributed by atoms with Crippen molar-refractivity contribution in [3.63, 3.8) is 0 Å². The van der Waals surface area contributed by atoms with E-state index in [1.807, 2.05) is 0 Å². The first-order chi connectivity index (χ1) is 11.2. The SMILES string of the molecule is CS(=O)(=O)NCC(O)Cn1c2ccc(F)cc2c2ccc(F)cc21. The predicted molar refractivity (Wildman–Crippen MR) is 88.2 cm³/mol. The van der Waals surface area contributed by atoms with Crippen LogP contribution in [-0.4, -0.2) is 37.0 Å². The van der Waals surface area contributed by atoms with Crippen LogP contribution in [0.2, 0.25) is 0 Å². The Hall–Kier alpha value is -2.03. The van der Waals surface area contributed by atoms with Gasteiger partial charge in [-0.25, -0.2) is 21.9 Å². The van der Waals surface area contributed by atoms with Gasteiger partial charge in [-0.2, -0.15) is 0 Å². The van der Waals surface area contributed by atoms with Crippen molar-refractivity contribution in [3.8, 4) is 0 Å². The third kappa shape index (κ3) is 3.40. The number of aromatic nitrogens is 1. The Kier molecular flexibility index (Phi) is 4.29. The maximum Gasteiger partial charge on any atom is 0.208 e. The Morgan fingerprint density at radius 1 is 1.08 bits per heavy atom. The van der Waals surface area contributed by atoms with Gasteiger partial charge in [-0.1, -0.05) is 0 Å². The van der Waals surface area contributed by atoms with Crippen molar-refractivity contribution in [1.29, 1.82) is 0 Å². The molecule has 24 heavy (non-hydrogen) atoms. The fourth-order valence-corrected chi connectivity index (χ4v) is 3.26. The van der Waals surface area contributed by atoms with Crippen LogP contribution in [0.1, 0.15) is 0 Å². The van der Waals surface area contributed by atoms with E-state index >= 15 is 0 Å². The molecule has 0 aliphatic heterocycles. The Morgan fingerprint density at radius 3 is 2.46 bits per heavy atom. The van der Waals surface area contributed by atoms with Crippen molar-refractivity contribution in [2.24, 2.45) is 0 Å². The molecule has 5 nitrogen and oxygen atoms in total. The molecule has 0 radical (unpaired) electrons. The minimum atomic E-state index is -3.42. The van der Waals surface area contributed by atoms with Crippen molar-refractivity contribution >= 4 is 31.8 Å². The van der Waals surface area contributed by atoms with Gasteiger partial charge >= 0.3 is 0 Å². The molecule has 0 aliphatic rings. The number of hydrogen-bond acceptors (Lipinski definition) is 3. The summed E-state index contributed by atoms with van der Waals surface area (Å²) in [6.07, 6.45) is -0.0231. The first-order valence-electron chi connectivity index (χ1n) is 7.24. The molecule has 0 spiro atoms. The van der Waals surface area contributed by atoms with E-state index in [0.717, 1.165) is 6.26 Å². The Bertz CT molecular complexity index is 1020. The lowest BCUT2D eigenvalue weighted by Gasteiger charge is -2.14. The Labute approximate surface area is 137 Å². The first kappa shape index (κ1) is 16.8. The second-order valence-electron chi connectivity index (χ2n) is 5.71. The van der Waals surface area contributed by atoms with Crippen LogP contribution in [0.5, 0.6) is 0 Å². The molecule has 1 aromatic heterocycles. The summed E-state index contributed by atoms with van der Waals surface area (Å²) in [5.74, 6) is -0.860. The summed E-state index contributed by atoms with van der Waals surface area (Å²) >= 11 is 0. The van der Waals surface area contributed by atoms with Gasteiger partial charge in [0.2, 0.25) is 10.0 Å². The summed E-state index contributed by atoms with van der Waals surface area (Å²) in [7, 11) is -3.42. The number of nitrogens with zero attached hydrogens (tertiary/aromatic N) is 1. The van der Waals surface area contributed by atoms with E-state index in [9.17, 15) is 22.3 Å². The molecule has 3 aromatic rings. The molecule has 8 heteroatoms. The quantitative estimate of drug-likeness (QED) is 0.736. The van der Waals surface area contributed by atoms with Crippen molar-refractivity contribution < 1.29 is 22.3 Å². The van der Waals surface area contributed by atoms with E-state index in [0.29, 0.717) is 21.8 Å². The summed E-state index contributed by atoms with van der Waals surface area (Å²) < 4.78 is 53.3. The summed E-state index contributed by atoms with van der Waals surface area (Å²) in [6.45, 7) is -0.131. The number of aliphatic hydroxyl groups excluding tert-OH is 1. The molecule has 1 atom stereocenters. The van der Waals surface area contributed by atoms with Crippen molar-refractivity contribution in [1.82, 2.24) is 9.29 Å². The molecule has 0 saturated carbocycles. The summed E-state index contributed by atoms with van der Waals surface area (Å²) in [4.78, 5) is 0. The monoisotopic (exact) mass is 354 g/mol. The van der Waals surface area contributed by atoms with Gasteiger partial charge in [-0.3, -0.25) is 0 Å². The van der Waals surface area contributed by atoms with Crippen LogP contribution in [-0.2, 0) is 16.6 Å². The van der Waals surface area contributed by atoms with Gasteiger partial charge in [0, 0.05) is 22.8 Å². The molecular weight excluding hydrogens is 338 g/mol. The lowest BCUT2D eigenvalue weighted by Crippen LogP contribution is -2.33. The predicted octanol–water partition coefficient (Wildman–Crippen LogP) is 1.98. The van der Waals surface area contributed by atoms with E-state index in [1.54, 1.807) is 16.7 Å². The molecule has 128 valence electrons. The van der Waals surface area contributed by atoms with Crippen LogP contribution >= 0.6 is 0 Å². The fraction of sp³-hybridized carbons (Fsp3) is 0.250. The minimum absolute atomic E-state index is 0.0393. The van der Waals surface area contributed by atoms with Gasteiger partial charge in [-0.05, 0) is 36.4 Å². The number of benzene rings is 2. The van der Waals surface area contributed by atoms with Crippen molar-refractivity contribution in [2.75, 3.05) is 12.8 Å². The highest BCUT2D eigenvalue weighted by molar-refractivity contribution is 7.88. The number of rotatable bonds is 5. The largest absolute Gasteiger partial charge is 0.390 e. The average molecular weight is 354 g/mol. The van der Waals surface area contributed by atoms with E-state index in [1.165, 1.54) is 24.3 Å². The number of sulfonamides is 1. The third-order valence-corrected chi connectivity index (χ3v) is 4.46. The molecule has 0 aliphatic carbocycles. The second kappa shape index (κ2) is 6.12. The standard InChI is InChI=1S/C16H16F2N2O3S/c1-24(22,23)19-8-12(21)9-20-15-5-3-10(17)6-14(15)13-4-2-11(18)7-16(13)20/h2-7,12,19,21H,8-9H2,1H3. The van der Waals surface area contributed by atoms with Crippen LogP contribution in [0.3, 0.4) is 0 Å².